The first-order chi connectivity index (χ1) is 9.04. The van der Waals surface area contributed by atoms with Gasteiger partial charge in [0.25, 0.3) is 11.6 Å². The summed E-state index contributed by atoms with van der Waals surface area (Å²) in [5, 5.41) is 18.9. The first kappa shape index (κ1) is 13.7. The number of aryl methyl sites for hydroxylation is 1. The van der Waals surface area contributed by atoms with Crippen LogP contribution in [0.4, 0.5) is 5.69 Å². The van der Waals surface area contributed by atoms with Gasteiger partial charge < -0.3 is 4.42 Å². The molecule has 1 atom stereocenters. The van der Waals surface area contributed by atoms with Crippen molar-refractivity contribution in [1.29, 1.82) is 0 Å². The quantitative estimate of drug-likeness (QED) is 0.485. The molecule has 1 unspecified atom stereocenters. The molecule has 2 rings (SSSR count). The van der Waals surface area contributed by atoms with E-state index in [9.17, 15) is 10.1 Å². The summed E-state index contributed by atoms with van der Waals surface area (Å²) in [4.78, 5) is 10.6. The van der Waals surface area contributed by atoms with Crippen LogP contribution in [0.5, 0.6) is 0 Å². The molecule has 0 amide bonds. The molecule has 0 aliphatic heterocycles. The van der Waals surface area contributed by atoms with Crippen molar-refractivity contribution in [1.82, 2.24) is 10.2 Å². The fourth-order valence-corrected chi connectivity index (χ4v) is 1.90. The van der Waals surface area contributed by atoms with Crippen molar-refractivity contribution in [3.63, 3.8) is 0 Å². The molecular weight excluding hydrogens is 314 g/mol. The van der Waals surface area contributed by atoms with Crippen molar-refractivity contribution in [2.75, 3.05) is 0 Å². The molecule has 0 spiro atoms. The Hall–Kier alpha value is -1.76. The maximum absolute atomic E-state index is 11.1. The van der Waals surface area contributed by atoms with Gasteiger partial charge in [0.05, 0.1) is 9.75 Å². The lowest BCUT2D eigenvalue weighted by molar-refractivity contribution is -0.384. The van der Waals surface area contributed by atoms with Gasteiger partial charge in [0.2, 0.25) is 5.89 Å². The first-order valence-electron chi connectivity index (χ1n) is 5.76. The van der Waals surface area contributed by atoms with Crippen molar-refractivity contribution in [2.45, 2.75) is 25.1 Å². The smallest absolute Gasteiger partial charge is 0.284 e. The average molecular weight is 326 g/mol. The van der Waals surface area contributed by atoms with Crippen LogP contribution in [0, 0.1) is 17.0 Å². The minimum absolute atomic E-state index is 0.000297. The number of halogens is 1. The standard InChI is InChI=1S/C12H12BrN3O3/c1-3-9(13)12-15-14-11(19-12)8-6-4-5-7(2)10(8)16(17)18/h4-6,9H,3H2,1-2H3. The van der Waals surface area contributed by atoms with Crippen molar-refractivity contribution in [3.05, 3.63) is 39.8 Å². The minimum atomic E-state index is -0.431. The minimum Gasteiger partial charge on any atom is -0.419 e. The third-order valence-electron chi connectivity index (χ3n) is 2.72. The van der Waals surface area contributed by atoms with E-state index in [1.165, 1.54) is 0 Å². The van der Waals surface area contributed by atoms with Crippen molar-refractivity contribution < 1.29 is 9.34 Å². The summed E-state index contributed by atoms with van der Waals surface area (Å²) in [6.45, 7) is 3.65. The molecule has 0 fully saturated rings. The van der Waals surface area contributed by atoms with Crippen molar-refractivity contribution >= 4 is 21.6 Å². The Morgan fingerprint density at radius 1 is 1.47 bits per heavy atom. The number of para-hydroxylation sites is 1. The zero-order valence-electron chi connectivity index (χ0n) is 10.5. The van der Waals surface area contributed by atoms with E-state index in [0.29, 0.717) is 17.0 Å². The lowest BCUT2D eigenvalue weighted by Gasteiger charge is -2.01. The molecule has 19 heavy (non-hydrogen) atoms. The van der Waals surface area contributed by atoms with Gasteiger partial charge in [-0.3, -0.25) is 10.1 Å². The van der Waals surface area contributed by atoms with Gasteiger partial charge in [-0.05, 0) is 19.4 Å². The highest BCUT2D eigenvalue weighted by atomic mass is 79.9. The summed E-state index contributed by atoms with van der Waals surface area (Å²) in [6.07, 6.45) is 0.789. The fraction of sp³-hybridized carbons (Fsp3) is 0.333. The van der Waals surface area contributed by atoms with E-state index in [4.69, 9.17) is 4.42 Å². The molecule has 0 saturated heterocycles. The van der Waals surface area contributed by atoms with Gasteiger partial charge in [-0.1, -0.05) is 35.0 Å². The monoisotopic (exact) mass is 325 g/mol. The summed E-state index contributed by atoms with van der Waals surface area (Å²) in [5.74, 6) is 0.594. The van der Waals surface area contributed by atoms with E-state index < -0.39 is 4.92 Å². The summed E-state index contributed by atoms with van der Waals surface area (Å²) in [7, 11) is 0. The SMILES string of the molecule is CCC(Br)c1nnc(-c2cccc(C)c2[N+](=O)[O-])o1. The molecule has 1 heterocycles. The average Bonchev–Trinajstić information content (AvgIpc) is 2.86. The largest absolute Gasteiger partial charge is 0.419 e. The predicted octanol–water partition coefficient (Wildman–Crippen LogP) is 3.80. The van der Waals surface area contributed by atoms with E-state index in [1.54, 1.807) is 25.1 Å². The molecular formula is C12H12BrN3O3. The Morgan fingerprint density at radius 3 is 2.84 bits per heavy atom. The van der Waals surface area contributed by atoms with Crippen molar-refractivity contribution in [3.8, 4) is 11.5 Å². The second-order valence-electron chi connectivity index (χ2n) is 4.05. The molecule has 100 valence electrons. The van der Waals surface area contributed by atoms with E-state index in [2.05, 4.69) is 26.1 Å². The number of hydrogen-bond acceptors (Lipinski definition) is 5. The van der Waals surface area contributed by atoms with Crippen LogP contribution in [0.2, 0.25) is 0 Å². The van der Waals surface area contributed by atoms with E-state index in [1.807, 2.05) is 6.92 Å². The van der Waals surface area contributed by atoms with Gasteiger partial charge in [-0.25, -0.2) is 0 Å². The van der Waals surface area contributed by atoms with Crippen LogP contribution < -0.4 is 0 Å². The van der Waals surface area contributed by atoms with Crippen LogP contribution >= 0.6 is 15.9 Å². The second-order valence-corrected chi connectivity index (χ2v) is 5.15. The maximum Gasteiger partial charge on any atom is 0.284 e. The number of alkyl halides is 1. The number of benzene rings is 1. The first-order valence-corrected chi connectivity index (χ1v) is 6.68. The van der Waals surface area contributed by atoms with Gasteiger partial charge in [0, 0.05) is 5.56 Å². The highest BCUT2D eigenvalue weighted by molar-refractivity contribution is 9.09. The second kappa shape index (κ2) is 5.48. The molecule has 7 heteroatoms. The summed E-state index contributed by atoms with van der Waals surface area (Å²) in [5.41, 5.74) is 0.910. The molecule has 0 bridgehead atoms. The summed E-state index contributed by atoms with van der Waals surface area (Å²) < 4.78 is 5.49. The number of nitro benzene ring substituents is 1. The number of nitro groups is 1. The fourth-order valence-electron chi connectivity index (χ4n) is 1.72. The molecule has 0 N–H and O–H groups in total. The third kappa shape index (κ3) is 2.65. The van der Waals surface area contributed by atoms with Gasteiger partial charge in [-0.2, -0.15) is 0 Å². The Bertz CT molecular complexity index is 612. The Labute approximate surface area is 118 Å². The molecule has 1 aromatic carbocycles. The van der Waals surface area contributed by atoms with Crippen LogP contribution in [0.25, 0.3) is 11.5 Å². The lowest BCUT2D eigenvalue weighted by Crippen LogP contribution is -1.95. The molecule has 0 aliphatic carbocycles. The number of aromatic nitrogens is 2. The van der Waals surface area contributed by atoms with E-state index in [-0.39, 0.29) is 16.4 Å². The van der Waals surface area contributed by atoms with Gasteiger partial charge in [0.1, 0.15) is 5.56 Å². The molecule has 2 aromatic rings. The summed E-state index contributed by atoms with van der Waals surface area (Å²) >= 11 is 3.40. The van der Waals surface area contributed by atoms with Crippen molar-refractivity contribution in [2.24, 2.45) is 0 Å². The Balaban J connectivity index is 2.50. The normalized spacial score (nSPS) is 12.4. The number of nitrogens with zero attached hydrogens (tertiary/aromatic N) is 3. The van der Waals surface area contributed by atoms with Gasteiger partial charge >= 0.3 is 0 Å². The number of rotatable bonds is 4. The Morgan fingerprint density at radius 2 is 2.21 bits per heavy atom. The molecule has 0 saturated carbocycles. The predicted molar refractivity (Wildman–Crippen MR) is 73.1 cm³/mol. The summed E-state index contributed by atoms with van der Waals surface area (Å²) in [6, 6.07) is 5.02. The zero-order valence-corrected chi connectivity index (χ0v) is 12.0. The lowest BCUT2D eigenvalue weighted by atomic mass is 10.1. The highest BCUT2D eigenvalue weighted by Gasteiger charge is 2.23. The topological polar surface area (TPSA) is 82.1 Å². The van der Waals surface area contributed by atoms with E-state index in [0.717, 1.165) is 6.42 Å². The van der Waals surface area contributed by atoms with Crippen LogP contribution in [-0.4, -0.2) is 15.1 Å². The Kier molecular flexibility index (Phi) is 3.94. The highest BCUT2D eigenvalue weighted by Crippen LogP contribution is 2.33. The van der Waals surface area contributed by atoms with Crippen LogP contribution in [-0.2, 0) is 0 Å². The third-order valence-corrected chi connectivity index (χ3v) is 3.76. The van der Waals surface area contributed by atoms with Crippen LogP contribution in [0.3, 0.4) is 0 Å². The molecule has 0 radical (unpaired) electrons. The maximum atomic E-state index is 11.1. The number of hydrogen-bond donors (Lipinski definition) is 0. The van der Waals surface area contributed by atoms with Gasteiger partial charge in [0.15, 0.2) is 0 Å². The van der Waals surface area contributed by atoms with E-state index >= 15 is 0 Å². The molecule has 6 nitrogen and oxygen atoms in total. The zero-order chi connectivity index (χ0) is 14.0. The molecule has 1 aromatic heterocycles. The van der Waals surface area contributed by atoms with Gasteiger partial charge in [-0.15, -0.1) is 10.2 Å². The van der Waals surface area contributed by atoms with Crippen LogP contribution in [0.1, 0.15) is 29.6 Å². The van der Waals surface area contributed by atoms with Crippen LogP contribution in [0.15, 0.2) is 22.6 Å². The molecule has 0 aliphatic rings.